The van der Waals surface area contributed by atoms with Crippen molar-refractivity contribution in [2.24, 2.45) is 0 Å². The van der Waals surface area contributed by atoms with E-state index in [1.54, 1.807) is 0 Å². The SMILES string of the molecule is COC(=O)c1cnc(S(=O)(=O)F)c([N+](=O)[O-])c1. The summed E-state index contributed by atoms with van der Waals surface area (Å²) in [4.78, 5) is 23.4. The Balaban J connectivity index is 3.48. The second-order valence-electron chi connectivity index (χ2n) is 2.73. The standard InChI is InChI=1S/C7H5FN2O6S/c1-16-7(11)4-2-5(10(12)13)6(9-3-4)17(8,14)15/h2-3H,1H3. The number of methoxy groups -OCH3 is 1. The summed E-state index contributed by atoms with van der Waals surface area (Å²) < 4.78 is 38.0. The smallest absolute Gasteiger partial charge is 0.356 e. The van der Waals surface area contributed by atoms with Gasteiger partial charge < -0.3 is 4.74 Å². The largest absolute Gasteiger partial charge is 0.465 e. The lowest BCUT2D eigenvalue weighted by molar-refractivity contribution is -0.388. The van der Waals surface area contributed by atoms with Gasteiger partial charge in [0.25, 0.3) is 5.03 Å². The van der Waals surface area contributed by atoms with Crippen LogP contribution in [-0.2, 0) is 15.0 Å². The molecule has 0 saturated carbocycles. The van der Waals surface area contributed by atoms with Gasteiger partial charge in [-0.25, -0.2) is 9.78 Å². The van der Waals surface area contributed by atoms with E-state index in [1.807, 2.05) is 0 Å². The number of carbonyl (C=O) groups excluding carboxylic acids is 1. The summed E-state index contributed by atoms with van der Waals surface area (Å²) in [6.45, 7) is 0. The first-order valence-electron chi connectivity index (χ1n) is 3.94. The van der Waals surface area contributed by atoms with E-state index in [9.17, 15) is 27.2 Å². The van der Waals surface area contributed by atoms with Gasteiger partial charge in [0.2, 0.25) is 0 Å². The Morgan fingerprint density at radius 3 is 2.59 bits per heavy atom. The Bertz CT molecular complexity index is 584. The van der Waals surface area contributed by atoms with Crippen molar-refractivity contribution in [3.8, 4) is 0 Å². The Kier molecular flexibility index (Phi) is 3.36. The fraction of sp³-hybridized carbons (Fsp3) is 0.143. The van der Waals surface area contributed by atoms with Crippen molar-refractivity contribution in [1.82, 2.24) is 4.98 Å². The van der Waals surface area contributed by atoms with Gasteiger partial charge >= 0.3 is 21.9 Å². The minimum Gasteiger partial charge on any atom is -0.465 e. The number of nitro groups is 1. The lowest BCUT2D eigenvalue weighted by Gasteiger charge is -2.00. The molecule has 0 fully saturated rings. The summed E-state index contributed by atoms with van der Waals surface area (Å²) >= 11 is 0. The van der Waals surface area contributed by atoms with Gasteiger partial charge in [-0.2, -0.15) is 8.42 Å². The van der Waals surface area contributed by atoms with Crippen LogP contribution in [0.4, 0.5) is 9.57 Å². The molecule has 0 amide bonds. The topological polar surface area (TPSA) is 116 Å². The second-order valence-corrected chi connectivity index (χ2v) is 4.00. The van der Waals surface area contributed by atoms with Crippen molar-refractivity contribution in [2.45, 2.75) is 5.03 Å². The fourth-order valence-electron chi connectivity index (χ4n) is 0.989. The van der Waals surface area contributed by atoms with Gasteiger partial charge in [-0.15, -0.1) is 0 Å². The molecule has 0 N–H and O–H groups in total. The lowest BCUT2D eigenvalue weighted by Crippen LogP contribution is -2.07. The zero-order valence-corrected chi connectivity index (χ0v) is 9.10. The van der Waals surface area contributed by atoms with Crippen LogP contribution in [-0.4, -0.2) is 31.4 Å². The molecule has 1 heterocycles. The maximum atomic E-state index is 12.6. The summed E-state index contributed by atoms with van der Waals surface area (Å²) in [5.41, 5.74) is -1.48. The molecule has 0 aliphatic carbocycles. The van der Waals surface area contributed by atoms with E-state index in [1.165, 1.54) is 0 Å². The van der Waals surface area contributed by atoms with E-state index in [-0.39, 0.29) is 5.56 Å². The maximum absolute atomic E-state index is 12.6. The van der Waals surface area contributed by atoms with E-state index in [0.717, 1.165) is 7.11 Å². The first kappa shape index (κ1) is 13.0. The average molecular weight is 264 g/mol. The average Bonchev–Trinajstić information content (AvgIpc) is 2.25. The zero-order valence-electron chi connectivity index (χ0n) is 8.28. The molecule has 0 aliphatic rings. The van der Waals surface area contributed by atoms with Gasteiger partial charge in [0.15, 0.2) is 0 Å². The van der Waals surface area contributed by atoms with Crippen LogP contribution in [0.25, 0.3) is 0 Å². The number of hydrogen-bond acceptors (Lipinski definition) is 7. The fourth-order valence-corrected chi connectivity index (χ4v) is 1.55. The zero-order chi connectivity index (χ0) is 13.2. The van der Waals surface area contributed by atoms with Crippen molar-refractivity contribution >= 4 is 21.9 Å². The summed E-state index contributed by atoms with van der Waals surface area (Å²) in [6, 6.07) is 0.575. The molecule has 0 saturated heterocycles. The van der Waals surface area contributed by atoms with Gasteiger partial charge in [-0.3, -0.25) is 10.1 Å². The normalized spacial score (nSPS) is 10.9. The Hall–Kier alpha value is -2.10. The van der Waals surface area contributed by atoms with Gasteiger partial charge in [-0.1, -0.05) is 3.89 Å². The summed E-state index contributed by atoms with van der Waals surface area (Å²) in [5.74, 6) is -0.955. The predicted molar refractivity (Wildman–Crippen MR) is 50.5 cm³/mol. The highest BCUT2D eigenvalue weighted by Crippen LogP contribution is 2.24. The number of nitrogens with zero attached hydrogens (tertiary/aromatic N) is 2. The number of aromatic nitrogens is 1. The summed E-state index contributed by atoms with van der Waals surface area (Å²) in [6.07, 6.45) is 0.672. The van der Waals surface area contributed by atoms with E-state index in [4.69, 9.17) is 0 Å². The third-order valence-corrected chi connectivity index (χ3v) is 2.46. The Morgan fingerprint density at radius 2 is 2.18 bits per heavy atom. The number of halogens is 1. The molecular formula is C7H5FN2O6S. The lowest BCUT2D eigenvalue weighted by atomic mass is 10.3. The van der Waals surface area contributed by atoms with Crippen LogP contribution in [0.15, 0.2) is 17.3 Å². The molecule has 1 rings (SSSR count). The van der Waals surface area contributed by atoms with Crippen LogP contribution in [0.3, 0.4) is 0 Å². The highest BCUT2D eigenvalue weighted by Gasteiger charge is 2.29. The van der Waals surface area contributed by atoms with Crippen LogP contribution in [0.1, 0.15) is 10.4 Å². The molecule has 0 radical (unpaired) electrons. The number of pyridine rings is 1. The molecule has 10 heteroatoms. The molecule has 0 unspecified atom stereocenters. The van der Waals surface area contributed by atoms with Gasteiger partial charge in [-0.05, 0) is 0 Å². The van der Waals surface area contributed by atoms with E-state index in [2.05, 4.69) is 9.72 Å². The molecule has 8 nitrogen and oxygen atoms in total. The molecule has 0 atom stereocenters. The van der Waals surface area contributed by atoms with Crippen LogP contribution in [0.2, 0.25) is 0 Å². The number of rotatable bonds is 3. The third kappa shape index (κ3) is 2.72. The first-order valence-corrected chi connectivity index (χ1v) is 5.33. The Labute approximate surface area is 94.4 Å². The summed E-state index contributed by atoms with van der Waals surface area (Å²) in [5, 5.41) is 9.16. The van der Waals surface area contributed by atoms with Crippen molar-refractivity contribution in [1.29, 1.82) is 0 Å². The molecular weight excluding hydrogens is 259 g/mol. The van der Waals surface area contributed by atoms with Crippen LogP contribution in [0.5, 0.6) is 0 Å². The van der Waals surface area contributed by atoms with Gasteiger partial charge in [0.1, 0.15) is 0 Å². The summed E-state index contributed by atoms with van der Waals surface area (Å²) in [7, 11) is -4.31. The van der Waals surface area contributed by atoms with Crippen molar-refractivity contribution in [2.75, 3.05) is 7.11 Å². The van der Waals surface area contributed by atoms with Crippen LogP contribution < -0.4 is 0 Å². The van der Waals surface area contributed by atoms with Gasteiger partial charge in [0.05, 0.1) is 17.6 Å². The third-order valence-electron chi connectivity index (χ3n) is 1.68. The van der Waals surface area contributed by atoms with E-state index in [0.29, 0.717) is 12.3 Å². The minimum absolute atomic E-state index is 0.355. The second kappa shape index (κ2) is 4.41. The van der Waals surface area contributed by atoms with Gasteiger partial charge in [0, 0.05) is 12.3 Å². The quantitative estimate of drug-likeness (QED) is 0.336. The van der Waals surface area contributed by atoms with E-state index < -0.39 is 31.8 Å². The molecule has 0 spiro atoms. The minimum atomic E-state index is -5.33. The van der Waals surface area contributed by atoms with Crippen molar-refractivity contribution < 1.29 is 26.8 Å². The molecule has 1 aromatic heterocycles. The van der Waals surface area contributed by atoms with Crippen LogP contribution in [0, 0.1) is 10.1 Å². The molecule has 92 valence electrons. The number of ether oxygens (including phenoxy) is 1. The highest BCUT2D eigenvalue weighted by molar-refractivity contribution is 7.86. The molecule has 17 heavy (non-hydrogen) atoms. The van der Waals surface area contributed by atoms with Crippen molar-refractivity contribution in [3.05, 3.63) is 27.9 Å². The first-order chi connectivity index (χ1) is 7.77. The van der Waals surface area contributed by atoms with Crippen LogP contribution >= 0.6 is 0 Å². The molecule has 0 aromatic carbocycles. The molecule has 0 bridgehead atoms. The highest BCUT2D eigenvalue weighted by atomic mass is 32.3. The maximum Gasteiger partial charge on any atom is 0.356 e. The number of carbonyl (C=O) groups is 1. The monoisotopic (exact) mass is 264 g/mol. The van der Waals surface area contributed by atoms with E-state index >= 15 is 0 Å². The van der Waals surface area contributed by atoms with Crippen molar-refractivity contribution in [3.63, 3.8) is 0 Å². The molecule has 0 aliphatic heterocycles. The molecule has 1 aromatic rings. The predicted octanol–water partition coefficient (Wildman–Crippen LogP) is 0.435. The number of hydrogen-bond donors (Lipinski definition) is 0. The number of esters is 1. The Morgan fingerprint density at radius 1 is 1.59 bits per heavy atom.